The third kappa shape index (κ3) is 1.87. The van der Waals surface area contributed by atoms with Gasteiger partial charge in [0.1, 0.15) is 5.69 Å². The van der Waals surface area contributed by atoms with Crippen molar-refractivity contribution >= 4 is 11.5 Å². The van der Waals surface area contributed by atoms with E-state index in [1.807, 2.05) is 26.1 Å². The molecule has 2 aromatic heterocycles. The molecule has 1 unspecified atom stereocenters. The zero-order valence-electron chi connectivity index (χ0n) is 12.2. The van der Waals surface area contributed by atoms with Gasteiger partial charge in [-0.25, -0.2) is 9.37 Å². The number of aryl methyl sites for hydroxylation is 1. The Kier molecular flexibility index (Phi) is 2.64. The maximum Gasteiger partial charge on any atom is 0.153 e. The van der Waals surface area contributed by atoms with Gasteiger partial charge in [0.05, 0.1) is 5.69 Å². The molecule has 0 N–H and O–H groups in total. The molecule has 4 nitrogen and oxygen atoms in total. The van der Waals surface area contributed by atoms with E-state index in [-0.39, 0.29) is 5.82 Å². The van der Waals surface area contributed by atoms with Gasteiger partial charge >= 0.3 is 0 Å². The van der Waals surface area contributed by atoms with Crippen LogP contribution in [0.2, 0.25) is 0 Å². The van der Waals surface area contributed by atoms with Crippen LogP contribution in [-0.2, 0) is 0 Å². The highest BCUT2D eigenvalue weighted by atomic mass is 19.1. The van der Waals surface area contributed by atoms with Gasteiger partial charge in [0.2, 0.25) is 0 Å². The summed E-state index contributed by atoms with van der Waals surface area (Å²) in [5.74, 6) is 0.596. The molecule has 5 heteroatoms. The molecule has 1 fully saturated rings. The second-order valence-corrected chi connectivity index (χ2v) is 5.85. The number of hydrogen-bond acceptors (Lipinski definition) is 4. The number of anilines is 2. The molecule has 4 heterocycles. The van der Waals surface area contributed by atoms with Crippen LogP contribution in [0.4, 0.5) is 15.9 Å². The molecule has 1 atom stereocenters. The van der Waals surface area contributed by atoms with E-state index in [4.69, 9.17) is 0 Å². The van der Waals surface area contributed by atoms with Crippen LogP contribution >= 0.6 is 0 Å². The fourth-order valence-corrected chi connectivity index (χ4v) is 3.22. The predicted octanol–water partition coefficient (Wildman–Crippen LogP) is 2.62. The van der Waals surface area contributed by atoms with Gasteiger partial charge in [-0.2, -0.15) is 0 Å². The molecule has 0 aliphatic carbocycles. The molecule has 2 aromatic rings. The second kappa shape index (κ2) is 4.41. The summed E-state index contributed by atoms with van der Waals surface area (Å²) in [6.07, 6.45) is 2.79. The van der Waals surface area contributed by atoms with Crippen LogP contribution in [0.5, 0.6) is 0 Å². The monoisotopic (exact) mass is 284 g/mol. The minimum atomic E-state index is -0.279. The zero-order chi connectivity index (χ0) is 14.6. The SMILES string of the molecule is Cc1ccc(-c2nc3c(cc2F)N2CCC(C2)N3C)cn1. The highest BCUT2D eigenvalue weighted by Crippen LogP contribution is 2.40. The van der Waals surface area contributed by atoms with Gasteiger partial charge in [0.15, 0.2) is 11.6 Å². The molecule has 2 aliphatic heterocycles. The molecule has 0 aromatic carbocycles. The molecule has 0 saturated carbocycles. The minimum Gasteiger partial charge on any atom is -0.366 e. The second-order valence-electron chi connectivity index (χ2n) is 5.85. The van der Waals surface area contributed by atoms with Crippen molar-refractivity contribution in [3.05, 3.63) is 35.9 Å². The van der Waals surface area contributed by atoms with E-state index in [2.05, 4.69) is 19.8 Å². The maximum absolute atomic E-state index is 14.5. The van der Waals surface area contributed by atoms with Gasteiger partial charge in [0, 0.05) is 49.7 Å². The van der Waals surface area contributed by atoms with Gasteiger partial charge in [-0.1, -0.05) is 0 Å². The summed E-state index contributed by atoms with van der Waals surface area (Å²) in [6, 6.07) is 5.86. The minimum absolute atomic E-state index is 0.279. The molecule has 4 rings (SSSR count). The third-order valence-electron chi connectivity index (χ3n) is 4.51. The topological polar surface area (TPSA) is 32.3 Å². The first-order chi connectivity index (χ1) is 10.1. The summed E-state index contributed by atoms with van der Waals surface area (Å²) in [6.45, 7) is 3.86. The van der Waals surface area contributed by atoms with Crippen LogP contribution < -0.4 is 9.80 Å². The average molecular weight is 284 g/mol. The normalized spacial score (nSPS) is 19.9. The van der Waals surface area contributed by atoms with Crippen LogP contribution in [0.1, 0.15) is 12.1 Å². The summed E-state index contributed by atoms with van der Waals surface area (Å²) >= 11 is 0. The Morgan fingerprint density at radius 3 is 2.95 bits per heavy atom. The number of likely N-dealkylation sites (N-methyl/N-ethyl adjacent to an activating group) is 1. The van der Waals surface area contributed by atoms with Gasteiger partial charge in [-0.05, 0) is 25.5 Å². The van der Waals surface area contributed by atoms with Crippen LogP contribution in [0.15, 0.2) is 24.4 Å². The first-order valence-corrected chi connectivity index (χ1v) is 7.25. The summed E-state index contributed by atoms with van der Waals surface area (Å²) < 4.78 is 14.5. The van der Waals surface area contributed by atoms with E-state index in [1.54, 1.807) is 12.3 Å². The highest BCUT2D eigenvalue weighted by Gasteiger charge is 2.35. The first kappa shape index (κ1) is 12.6. The van der Waals surface area contributed by atoms with Gasteiger partial charge in [-0.15, -0.1) is 0 Å². The van der Waals surface area contributed by atoms with Crippen molar-refractivity contribution in [3.63, 3.8) is 0 Å². The number of nitrogens with zero attached hydrogens (tertiary/aromatic N) is 4. The van der Waals surface area contributed by atoms with Crippen LogP contribution in [0.3, 0.4) is 0 Å². The van der Waals surface area contributed by atoms with Crippen LogP contribution in [0.25, 0.3) is 11.3 Å². The molecule has 0 spiro atoms. The summed E-state index contributed by atoms with van der Waals surface area (Å²) in [7, 11) is 2.05. The Labute approximate surface area is 123 Å². The number of hydrogen-bond donors (Lipinski definition) is 0. The molecular formula is C16H17FN4. The highest BCUT2D eigenvalue weighted by molar-refractivity contribution is 5.75. The van der Waals surface area contributed by atoms with Crippen LogP contribution in [-0.4, -0.2) is 36.1 Å². The van der Waals surface area contributed by atoms with Crippen molar-refractivity contribution in [1.82, 2.24) is 9.97 Å². The molecule has 2 bridgehead atoms. The van der Waals surface area contributed by atoms with Crippen molar-refractivity contribution in [2.24, 2.45) is 0 Å². The number of fused-ring (bicyclic) bond motifs is 4. The lowest BCUT2D eigenvalue weighted by Gasteiger charge is -2.35. The zero-order valence-corrected chi connectivity index (χ0v) is 12.2. The van der Waals surface area contributed by atoms with Gasteiger partial charge in [0.25, 0.3) is 0 Å². The molecule has 1 saturated heterocycles. The Bertz CT molecular complexity index is 698. The Hall–Kier alpha value is -2.17. The van der Waals surface area contributed by atoms with Crippen molar-refractivity contribution in [2.75, 3.05) is 29.9 Å². The molecular weight excluding hydrogens is 267 g/mol. The third-order valence-corrected chi connectivity index (χ3v) is 4.51. The lowest BCUT2D eigenvalue weighted by Crippen LogP contribution is -2.40. The number of rotatable bonds is 1. The molecule has 0 radical (unpaired) electrons. The Morgan fingerprint density at radius 2 is 2.19 bits per heavy atom. The summed E-state index contributed by atoms with van der Waals surface area (Å²) in [5, 5.41) is 0. The quantitative estimate of drug-likeness (QED) is 0.806. The fourth-order valence-electron chi connectivity index (χ4n) is 3.22. The average Bonchev–Trinajstić information content (AvgIpc) is 2.92. The smallest absolute Gasteiger partial charge is 0.153 e. The molecule has 2 aliphatic rings. The van der Waals surface area contributed by atoms with Crippen molar-refractivity contribution in [3.8, 4) is 11.3 Å². The van der Waals surface area contributed by atoms with Crippen molar-refractivity contribution in [2.45, 2.75) is 19.4 Å². The lowest BCUT2D eigenvalue weighted by atomic mass is 10.1. The van der Waals surface area contributed by atoms with E-state index in [9.17, 15) is 4.39 Å². The first-order valence-electron chi connectivity index (χ1n) is 7.25. The van der Waals surface area contributed by atoms with E-state index < -0.39 is 0 Å². The van der Waals surface area contributed by atoms with Crippen LogP contribution in [0, 0.1) is 12.7 Å². The standard InChI is InChI=1S/C16H17FN4/c1-10-3-4-11(8-18-10)15-13(17)7-14-16(19-15)20(2)12-5-6-21(14)9-12/h3-4,7-8,12H,5-6,9H2,1-2H3. The largest absolute Gasteiger partial charge is 0.366 e. The predicted molar refractivity (Wildman–Crippen MR) is 81.2 cm³/mol. The van der Waals surface area contributed by atoms with Gasteiger partial charge < -0.3 is 9.80 Å². The molecule has 21 heavy (non-hydrogen) atoms. The fraction of sp³-hybridized carbons (Fsp3) is 0.375. The van der Waals surface area contributed by atoms with E-state index in [0.29, 0.717) is 11.7 Å². The number of halogens is 1. The number of pyridine rings is 2. The summed E-state index contributed by atoms with van der Waals surface area (Å²) in [4.78, 5) is 13.3. The van der Waals surface area contributed by atoms with E-state index in [1.165, 1.54) is 0 Å². The Morgan fingerprint density at radius 1 is 1.33 bits per heavy atom. The maximum atomic E-state index is 14.5. The Balaban J connectivity index is 1.86. The van der Waals surface area contributed by atoms with Gasteiger partial charge in [-0.3, -0.25) is 4.98 Å². The van der Waals surface area contributed by atoms with Crippen molar-refractivity contribution in [1.29, 1.82) is 0 Å². The van der Waals surface area contributed by atoms with Crippen molar-refractivity contribution < 1.29 is 4.39 Å². The van der Waals surface area contributed by atoms with E-state index >= 15 is 0 Å². The summed E-state index contributed by atoms with van der Waals surface area (Å²) in [5.41, 5.74) is 2.93. The molecule has 108 valence electrons. The lowest BCUT2D eigenvalue weighted by molar-refractivity contribution is 0.618. The number of aromatic nitrogens is 2. The molecule has 0 amide bonds. The van der Waals surface area contributed by atoms with E-state index in [0.717, 1.165) is 42.3 Å².